The predicted molar refractivity (Wildman–Crippen MR) is 110 cm³/mol. The molecule has 0 aliphatic carbocycles. The molecule has 5 nitrogen and oxygen atoms in total. The first-order valence-electron chi connectivity index (χ1n) is 8.96. The van der Waals surface area contributed by atoms with Gasteiger partial charge in [-0.2, -0.15) is 0 Å². The molecule has 140 valence electrons. The minimum absolute atomic E-state index is 0.175. The van der Waals surface area contributed by atoms with Crippen LogP contribution in [0.5, 0.6) is 11.5 Å². The number of anilines is 2. The molecule has 4 rings (SSSR count). The number of aromatic nitrogens is 1. The maximum absolute atomic E-state index is 5.95. The molecule has 1 aliphatic heterocycles. The van der Waals surface area contributed by atoms with Crippen LogP contribution in [0.15, 0.2) is 53.1 Å². The maximum atomic E-state index is 5.95. The minimum atomic E-state index is 0.175. The number of methoxy groups -OCH3 is 1. The second kappa shape index (κ2) is 8.15. The first-order chi connectivity index (χ1) is 13.2. The van der Waals surface area contributed by atoms with Gasteiger partial charge in [-0.25, -0.2) is 0 Å². The molecule has 0 amide bonds. The van der Waals surface area contributed by atoms with Crippen LogP contribution in [0, 0.1) is 0 Å². The molecule has 1 atom stereocenters. The fourth-order valence-corrected chi connectivity index (χ4v) is 3.55. The molecule has 0 bridgehead atoms. The number of rotatable bonds is 6. The second-order valence-corrected chi connectivity index (χ2v) is 7.40. The van der Waals surface area contributed by atoms with Gasteiger partial charge >= 0.3 is 0 Å². The fraction of sp³-hybridized carbons (Fsp3) is 0.286. The van der Waals surface area contributed by atoms with Crippen molar-refractivity contribution >= 4 is 38.2 Å². The van der Waals surface area contributed by atoms with Crippen molar-refractivity contribution in [2.45, 2.75) is 18.9 Å². The molecule has 1 N–H and O–H groups in total. The number of hydrogen-bond donors (Lipinski definition) is 1. The highest BCUT2D eigenvalue weighted by molar-refractivity contribution is 9.10. The summed E-state index contributed by atoms with van der Waals surface area (Å²) in [5.74, 6) is 1.49. The Hall–Kier alpha value is -2.31. The zero-order chi connectivity index (χ0) is 18.6. The van der Waals surface area contributed by atoms with Crippen LogP contribution in [0.2, 0.25) is 0 Å². The summed E-state index contributed by atoms with van der Waals surface area (Å²) in [6, 6.07) is 13.8. The van der Waals surface area contributed by atoms with Crippen LogP contribution in [0.1, 0.15) is 12.8 Å². The van der Waals surface area contributed by atoms with Gasteiger partial charge in [-0.05, 0) is 37.1 Å². The predicted octanol–water partition coefficient (Wildman–Crippen LogP) is 5.31. The van der Waals surface area contributed by atoms with Crippen molar-refractivity contribution < 1.29 is 14.2 Å². The smallest absolute Gasteiger partial charge is 0.125 e. The Morgan fingerprint density at radius 3 is 2.89 bits per heavy atom. The van der Waals surface area contributed by atoms with Gasteiger partial charge in [0.1, 0.15) is 18.1 Å². The lowest BCUT2D eigenvalue weighted by Crippen LogP contribution is -2.16. The van der Waals surface area contributed by atoms with Crippen molar-refractivity contribution in [2.75, 3.05) is 25.6 Å². The Kier molecular flexibility index (Phi) is 5.45. The van der Waals surface area contributed by atoms with E-state index in [2.05, 4.69) is 32.3 Å². The van der Waals surface area contributed by atoms with Gasteiger partial charge in [-0.3, -0.25) is 4.98 Å². The van der Waals surface area contributed by atoms with E-state index < -0.39 is 0 Å². The highest BCUT2D eigenvalue weighted by atomic mass is 79.9. The Bertz CT molecular complexity index is 942. The second-order valence-electron chi connectivity index (χ2n) is 6.49. The van der Waals surface area contributed by atoms with Crippen LogP contribution < -0.4 is 14.8 Å². The van der Waals surface area contributed by atoms with Crippen molar-refractivity contribution in [1.29, 1.82) is 0 Å². The van der Waals surface area contributed by atoms with E-state index in [1.807, 2.05) is 36.4 Å². The summed E-state index contributed by atoms with van der Waals surface area (Å²) in [6.45, 7) is 1.38. The third-order valence-electron chi connectivity index (χ3n) is 4.56. The van der Waals surface area contributed by atoms with E-state index in [-0.39, 0.29) is 6.10 Å². The third kappa shape index (κ3) is 4.34. The molecular formula is C21H21BrN2O3. The molecule has 3 aromatic rings. The molecule has 0 saturated carbocycles. The summed E-state index contributed by atoms with van der Waals surface area (Å²) in [5, 5.41) is 4.50. The zero-order valence-corrected chi connectivity index (χ0v) is 16.7. The standard InChI is InChI=1S/C21H21BrN2O3/c1-25-17-10-15(11-18(12-17)27-13-16-3-2-8-26-16)24-21-6-7-23-20-5-4-14(22)9-19(20)21/h4-7,9-12,16H,2-3,8,13H2,1H3,(H,23,24). The van der Waals surface area contributed by atoms with Gasteiger partial charge in [0.25, 0.3) is 0 Å². The maximum Gasteiger partial charge on any atom is 0.125 e. The van der Waals surface area contributed by atoms with Crippen LogP contribution in [0.3, 0.4) is 0 Å². The summed E-state index contributed by atoms with van der Waals surface area (Å²) < 4.78 is 18.0. The SMILES string of the molecule is COc1cc(Nc2ccnc3ccc(Br)cc23)cc(OCC2CCCO2)c1. The molecule has 6 heteroatoms. The summed E-state index contributed by atoms with van der Waals surface area (Å²) in [6.07, 6.45) is 4.12. The van der Waals surface area contributed by atoms with Gasteiger partial charge in [0.05, 0.1) is 18.7 Å². The van der Waals surface area contributed by atoms with E-state index >= 15 is 0 Å². The first kappa shape index (κ1) is 18.1. The number of pyridine rings is 1. The van der Waals surface area contributed by atoms with Gasteiger partial charge in [-0.1, -0.05) is 15.9 Å². The number of halogens is 1. The van der Waals surface area contributed by atoms with E-state index in [9.17, 15) is 0 Å². The lowest BCUT2D eigenvalue weighted by atomic mass is 10.1. The normalized spacial score (nSPS) is 16.4. The van der Waals surface area contributed by atoms with Crippen molar-refractivity contribution in [3.8, 4) is 11.5 Å². The molecule has 1 unspecified atom stereocenters. The van der Waals surface area contributed by atoms with Gasteiger partial charge in [-0.15, -0.1) is 0 Å². The fourth-order valence-electron chi connectivity index (χ4n) is 3.19. The van der Waals surface area contributed by atoms with E-state index in [4.69, 9.17) is 14.2 Å². The molecule has 1 aliphatic rings. The number of benzene rings is 2. The summed E-state index contributed by atoms with van der Waals surface area (Å²) in [5.41, 5.74) is 2.80. The molecule has 1 saturated heterocycles. The van der Waals surface area contributed by atoms with E-state index in [0.29, 0.717) is 6.61 Å². The van der Waals surface area contributed by atoms with E-state index in [0.717, 1.165) is 57.7 Å². The van der Waals surface area contributed by atoms with Crippen LogP contribution in [-0.4, -0.2) is 31.4 Å². The Morgan fingerprint density at radius 2 is 2.07 bits per heavy atom. The van der Waals surface area contributed by atoms with Crippen molar-refractivity contribution in [1.82, 2.24) is 4.98 Å². The lowest BCUT2D eigenvalue weighted by molar-refractivity contribution is 0.0679. The highest BCUT2D eigenvalue weighted by Gasteiger charge is 2.16. The Morgan fingerprint density at radius 1 is 1.19 bits per heavy atom. The minimum Gasteiger partial charge on any atom is -0.497 e. The molecule has 1 fully saturated rings. The molecule has 2 heterocycles. The molecule has 27 heavy (non-hydrogen) atoms. The summed E-state index contributed by atoms with van der Waals surface area (Å²) in [7, 11) is 1.65. The molecular weight excluding hydrogens is 408 g/mol. The average molecular weight is 429 g/mol. The van der Waals surface area contributed by atoms with Crippen molar-refractivity contribution in [2.24, 2.45) is 0 Å². The Balaban J connectivity index is 1.59. The topological polar surface area (TPSA) is 52.6 Å². The van der Waals surface area contributed by atoms with Crippen molar-refractivity contribution in [3.05, 3.63) is 53.1 Å². The monoisotopic (exact) mass is 428 g/mol. The van der Waals surface area contributed by atoms with Crippen LogP contribution in [0.25, 0.3) is 10.9 Å². The largest absolute Gasteiger partial charge is 0.497 e. The van der Waals surface area contributed by atoms with Gasteiger partial charge in [0, 0.05) is 52.2 Å². The van der Waals surface area contributed by atoms with E-state index in [1.165, 1.54) is 0 Å². The van der Waals surface area contributed by atoms with E-state index in [1.54, 1.807) is 13.3 Å². The van der Waals surface area contributed by atoms with Gasteiger partial charge in [0.15, 0.2) is 0 Å². The molecule has 0 spiro atoms. The quantitative estimate of drug-likeness (QED) is 0.576. The lowest BCUT2D eigenvalue weighted by Gasteiger charge is -2.15. The van der Waals surface area contributed by atoms with Crippen molar-refractivity contribution in [3.63, 3.8) is 0 Å². The molecule has 2 aromatic carbocycles. The molecule has 1 aromatic heterocycles. The van der Waals surface area contributed by atoms with Gasteiger partial charge in [0.2, 0.25) is 0 Å². The highest BCUT2D eigenvalue weighted by Crippen LogP contribution is 2.32. The van der Waals surface area contributed by atoms with Crippen LogP contribution in [-0.2, 0) is 4.74 Å². The zero-order valence-electron chi connectivity index (χ0n) is 15.1. The average Bonchev–Trinajstić information content (AvgIpc) is 3.20. The summed E-state index contributed by atoms with van der Waals surface area (Å²) >= 11 is 3.53. The Labute approximate surface area is 166 Å². The number of nitrogens with zero attached hydrogens (tertiary/aromatic N) is 1. The summed E-state index contributed by atoms with van der Waals surface area (Å²) in [4.78, 5) is 4.43. The first-order valence-corrected chi connectivity index (χ1v) is 9.75. The van der Waals surface area contributed by atoms with Gasteiger partial charge < -0.3 is 19.5 Å². The number of fused-ring (bicyclic) bond motifs is 1. The number of ether oxygens (including phenoxy) is 3. The third-order valence-corrected chi connectivity index (χ3v) is 5.05. The number of hydrogen-bond acceptors (Lipinski definition) is 5. The number of nitrogens with one attached hydrogen (secondary N) is 1. The van der Waals surface area contributed by atoms with Crippen LogP contribution in [0.4, 0.5) is 11.4 Å². The molecule has 0 radical (unpaired) electrons. The van der Waals surface area contributed by atoms with Crippen LogP contribution >= 0.6 is 15.9 Å².